The maximum absolute atomic E-state index is 5.76. The van der Waals surface area contributed by atoms with Crippen LogP contribution in [-0.2, 0) is 4.74 Å². The number of benzene rings is 2. The predicted molar refractivity (Wildman–Crippen MR) is 96.4 cm³/mol. The Balaban J connectivity index is 1.60. The molecule has 2 N–H and O–H groups in total. The van der Waals surface area contributed by atoms with Crippen molar-refractivity contribution in [2.75, 3.05) is 30.9 Å². The van der Waals surface area contributed by atoms with E-state index >= 15 is 0 Å². The maximum Gasteiger partial charge on any atom is 0.249 e. The molecule has 0 saturated carbocycles. The summed E-state index contributed by atoms with van der Waals surface area (Å²) in [4.78, 5) is 4.35. The van der Waals surface area contributed by atoms with Crippen molar-refractivity contribution < 1.29 is 9.47 Å². The zero-order valence-corrected chi connectivity index (χ0v) is 13.8. The van der Waals surface area contributed by atoms with Gasteiger partial charge in [-0.1, -0.05) is 18.2 Å². The van der Waals surface area contributed by atoms with Crippen LogP contribution in [0.25, 0.3) is 0 Å². The molecule has 128 valence electrons. The van der Waals surface area contributed by atoms with Gasteiger partial charge < -0.3 is 20.1 Å². The lowest BCUT2D eigenvalue weighted by atomic mass is 10.3. The summed E-state index contributed by atoms with van der Waals surface area (Å²) in [6, 6.07) is 17.2. The molecule has 0 unspecified atom stereocenters. The molecule has 0 spiro atoms. The third-order valence-electron chi connectivity index (χ3n) is 3.26. The first-order chi connectivity index (χ1) is 12.3. The van der Waals surface area contributed by atoms with E-state index in [1.54, 1.807) is 13.3 Å². The van der Waals surface area contributed by atoms with Crippen molar-refractivity contribution in [1.82, 2.24) is 15.2 Å². The Kier molecular flexibility index (Phi) is 5.73. The summed E-state index contributed by atoms with van der Waals surface area (Å²) < 4.78 is 10.8. The summed E-state index contributed by atoms with van der Waals surface area (Å²) in [5.74, 6) is 2.61. The lowest BCUT2D eigenvalue weighted by Gasteiger charge is -2.09. The van der Waals surface area contributed by atoms with E-state index < -0.39 is 0 Å². The molecule has 0 fully saturated rings. The fraction of sp³-hybridized carbons (Fsp3) is 0.167. The van der Waals surface area contributed by atoms with E-state index in [0.29, 0.717) is 24.9 Å². The van der Waals surface area contributed by atoms with Crippen molar-refractivity contribution in [3.8, 4) is 11.5 Å². The van der Waals surface area contributed by atoms with E-state index in [4.69, 9.17) is 9.47 Å². The predicted octanol–water partition coefficient (Wildman–Crippen LogP) is 3.47. The summed E-state index contributed by atoms with van der Waals surface area (Å²) >= 11 is 0. The number of nitrogens with one attached hydrogen (secondary N) is 2. The van der Waals surface area contributed by atoms with Crippen LogP contribution in [-0.4, -0.2) is 35.4 Å². The minimum atomic E-state index is 0.416. The minimum absolute atomic E-state index is 0.416. The fourth-order valence-corrected chi connectivity index (χ4v) is 2.08. The van der Waals surface area contributed by atoms with Gasteiger partial charge in [0.05, 0.1) is 12.8 Å². The molecule has 0 bridgehead atoms. The molecule has 7 heteroatoms. The van der Waals surface area contributed by atoms with E-state index in [1.807, 2.05) is 54.6 Å². The van der Waals surface area contributed by atoms with Crippen LogP contribution in [0.2, 0.25) is 0 Å². The molecule has 2 aromatic carbocycles. The summed E-state index contributed by atoms with van der Waals surface area (Å²) in [5, 5.41) is 14.1. The number of para-hydroxylation sites is 1. The number of ether oxygens (including phenoxy) is 2. The number of hydrogen-bond donors (Lipinski definition) is 2. The van der Waals surface area contributed by atoms with Gasteiger partial charge in [-0.3, -0.25) is 0 Å². The number of rotatable bonds is 8. The molecule has 0 aliphatic rings. The molecule has 0 aliphatic carbocycles. The lowest BCUT2D eigenvalue weighted by Crippen LogP contribution is -2.10. The van der Waals surface area contributed by atoms with E-state index in [0.717, 1.165) is 17.2 Å². The first-order valence-electron chi connectivity index (χ1n) is 7.86. The van der Waals surface area contributed by atoms with Crippen LogP contribution in [0.3, 0.4) is 0 Å². The summed E-state index contributed by atoms with van der Waals surface area (Å²) in [6.45, 7) is 1.25. The van der Waals surface area contributed by atoms with Crippen molar-refractivity contribution in [2.45, 2.75) is 0 Å². The van der Waals surface area contributed by atoms with E-state index in [-0.39, 0.29) is 0 Å². The molecule has 0 radical (unpaired) electrons. The highest BCUT2D eigenvalue weighted by Crippen LogP contribution is 2.23. The van der Waals surface area contributed by atoms with Crippen LogP contribution in [0.15, 0.2) is 60.8 Å². The molecular formula is C18H19N5O2. The van der Waals surface area contributed by atoms with Gasteiger partial charge >= 0.3 is 0 Å². The van der Waals surface area contributed by atoms with E-state index in [9.17, 15) is 0 Å². The highest BCUT2D eigenvalue weighted by molar-refractivity contribution is 5.55. The average molecular weight is 337 g/mol. The second kappa shape index (κ2) is 8.60. The Morgan fingerprint density at radius 2 is 1.72 bits per heavy atom. The van der Waals surface area contributed by atoms with Crippen LogP contribution in [0.5, 0.6) is 11.5 Å². The normalized spacial score (nSPS) is 10.3. The molecule has 0 aliphatic heterocycles. The van der Waals surface area contributed by atoms with Gasteiger partial charge in [0.1, 0.15) is 11.5 Å². The Morgan fingerprint density at radius 1 is 0.960 bits per heavy atom. The molecule has 7 nitrogen and oxygen atoms in total. The number of anilines is 3. The third kappa shape index (κ3) is 5.15. The van der Waals surface area contributed by atoms with Crippen LogP contribution in [0.1, 0.15) is 0 Å². The Bertz CT molecular complexity index is 781. The SMILES string of the molecule is COCCNc1cnnc(Nc2ccc(Oc3ccccc3)cc2)n1. The number of hydrogen-bond acceptors (Lipinski definition) is 7. The van der Waals surface area contributed by atoms with Gasteiger partial charge in [0.25, 0.3) is 0 Å². The van der Waals surface area contributed by atoms with Gasteiger partial charge in [-0.2, -0.15) is 10.1 Å². The van der Waals surface area contributed by atoms with E-state index in [2.05, 4.69) is 25.8 Å². The summed E-state index contributed by atoms with van der Waals surface area (Å²) in [6.07, 6.45) is 1.57. The quantitative estimate of drug-likeness (QED) is 0.609. The maximum atomic E-state index is 5.76. The molecule has 3 rings (SSSR count). The molecule has 0 amide bonds. The van der Waals surface area contributed by atoms with Crippen LogP contribution < -0.4 is 15.4 Å². The highest BCUT2D eigenvalue weighted by Gasteiger charge is 2.02. The zero-order chi connectivity index (χ0) is 17.3. The van der Waals surface area contributed by atoms with Gasteiger partial charge in [0.2, 0.25) is 5.95 Å². The average Bonchev–Trinajstić information content (AvgIpc) is 2.65. The smallest absolute Gasteiger partial charge is 0.249 e. The van der Waals surface area contributed by atoms with Crippen molar-refractivity contribution in [2.24, 2.45) is 0 Å². The van der Waals surface area contributed by atoms with E-state index in [1.165, 1.54) is 0 Å². The van der Waals surface area contributed by atoms with Gasteiger partial charge in [0.15, 0.2) is 5.82 Å². The van der Waals surface area contributed by atoms with Crippen LogP contribution in [0.4, 0.5) is 17.5 Å². The Morgan fingerprint density at radius 3 is 2.48 bits per heavy atom. The molecule has 3 aromatic rings. The van der Waals surface area contributed by atoms with Crippen LogP contribution in [0, 0.1) is 0 Å². The Hall–Kier alpha value is -3.19. The minimum Gasteiger partial charge on any atom is -0.457 e. The molecule has 25 heavy (non-hydrogen) atoms. The Labute approximate surface area is 146 Å². The summed E-state index contributed by atoms with van der Waals surface area (Å²) in [7, 11) is 1.65. The summed E-state index contributed by atoms with van der Waals surface area (Å²) in [5.41, 5.74) is 0.844. The fourth-order valence-electron chi connectivity index (χ4n) is 2.08. The lowest BCUT2D eigenvalue weighted by molar-refractivity contribution is 0.210. The number of aromatic nitrogens is 3. The first-order valence-corrected chi connectivity index (χ1v) is 7.86. The second-order valence-electron chi connectivity index (χ2n) is 5.15. The number of nitrogens with zero attached hydrogens (tertiary/aromatic N) is 3. The highest BCUT2D eigenvalue weighted by atomic mass is 16.5. The third-order valence-corrected chi connectivity index (χ3v) is 3.26. The standard InChI is InChI=1S/C18H19N5O2/c1-24-12-11-19-17-13-20-23-18(22-17)21-14-7-9-16(10-8-14)25-15-5-3-2-4-6-15/h2-10,13H,11-12H2,1H3,(H2,19,21,22,23). The van der Waals surface area contributed by atoms with Crippen molar-refractivity contribution in [1.29, 1.82) is 0 Å². The molecular weight excluding hydrogens is 318 g/mol. The van der Waals surface area contributed by atoms with Crippen LogP contribution >= 0.6 is 0 Å². The van der Waals surface area contributed by atoms with Gasteiger partial charge in [0, 0.05) is 19.3 Å². The van der Waals surface area contributed by atoms with Gasteiger partial charge in [-0.15, -0.1) is 5.10 Å². The van der Waals surface area contributed by atoms with Crippen molar-refractivity contribution in [3.05, 3.63) is 60.8 Å². The second-order valence-corrected chi connectivity index (χ2v) is 5.15. The largest absolute Gasteiger partial charge is 0.457 e. The molecule has 1 heterocycles. The number of methoxy groups -OCH3 is 1. The molecule has 0 atom stereocenters. The van der Waals surface area contributed by atoms with Gasteiger partial charge in [-0.05, 0) is 36.4 Å². The first kappa shape index (κ1) is 16.7. The topological polar surface area (TPSA) is 81.2 Å². The van der Waals surface area contributed by atoms with Gasteiger partial charge in [-0.25, -0.2) is 0 Å². The van der Waals surface area contributed by atoms with Crippen molar-refractivity contribution in [3.63, 3.8) is 0 Å². The van der Waals surface area contributed by atoms with Crippen molar-refractivity contribution >= 4 is 17.5 Å². The molecule has 0 saturated heterocycles. The monoisotopic (exact) mass is 337 g/mol. The molecule has 1 aromatic heterocycles. The zero-order valence-electron chi connectivity index (χ0n) is 13.8.